The van der Waals surface area contributed by atoms with Crippen LogP contribution in [-0.4, -0.2) is 10.3 Å². The molecule has 0 fully saturated rings. The molecular formula is C12H16ClNO2. The molecule has 1 aromatic rings. The van der Waals surface area contributed by atoms with Crippen molar-refractivity contribution in [2.75, 3.05) is 0 Å². The number of hydrogen-bond acceptors (Lipinski definition) is 2. The first-order valence-electron chi connectivity index (χ1n) is 5.37. The lowest BCUT2D eigenvalue weighted by atomic mass is 9.91. The minimum absolute atomic E-state index is 0.00623. The zero-order chi connectivity index (χ0) is 12.3. The van der Waals surface area contributed by atoms with Gasteiger partial charge >= 0.3 is 0 Å². The highest BCUT2D eigenvalue weighted by atomic mass is 35.5. The molecule has 0 radical (unpaired) electrons. The second-order valence-corrected chi connectivity index (χ2v) is 4.54. The fraction of sp³-hybridized carbons (Fsp3) is 0.500. The summed E-state index contributed by atoms with van der Waals surface area (Å²) in [5.41, 5.74) is 1.86. The van der Waals surface area contributed by atoms with E-state index in [9.17, 15) is 10.1 Å². The normalized spacial score (nSPS) is 14.5. The van der Waals surface area contributed by atoms with Gasteiger partial charge in [-0.15, -0.1) is 11.6 Å². The molecule has 0 aliphatic carbocycles. The van der Waals surface area contributed by atoms with Crippen molar-refractivity contribution < 1.29 is 4.92 Å². The largest absolute Gasteiger partial charge is 0.273 e. The van der Waals surface area contributed by atoms with Crippen LogP contribution < -0.4 is 0 Å². The van der Waals surface area contributed by atoms with Gasteiger partial charge < -0.3 is 0 Å². The van der Waals surface area contributed by atoms with Gasteiger partial charge in [-0.05, 0) is 18.9 Å². The summed E-state index contributed by atoms with van der Waals surface area (Å²) in [6, 6.07) is 5.13. The van der Waals surface area contributed by atoms with E-state index < -0.39 is 0 Å². The molecule has 88 valence electrons. The fourth-order valence-electron chi connectivity index (χ4n) is 1.95. The molecule has 2 unspecified atom stereocenters. The zero-order valence-electron chi connectivity index (χ0n) is 9.74. The highest BCUT2D eigenvalue weighted by molar-refractivity contribution is 6.21. The summed E-state index contributed by atoms with van der Waals surface area (Å²) >= 11 is 6.18. The van der Waals surface area contributed by atoms with Crippen LogP contribution in [0.3, 0.4) is 0 Å². The Morgan fingerprint density at radius 1 is 1.50 bits per heavy atom. The molecule has 0 N–H and O–H groups in total. The van der Waals surface area contributed by atoms with Crippen molar-refractivity contribution in [3.63, 3.8) is 0 Å². The Kier molecular flexibility index (Phi) is 4.30. The standard InChI is InChI=1S/C12H16ClNO2/c1-4-10(13)9(3)12-8(2)6-5-7-11(12)14(15)16/h5-7,9-10H,4H2,1-3H3. The summed E-state index contributed by atoms with van der Waals surface area (Å²) in [4.78, 5) is 10.6. The molecule has 0 saturated carbocycles. The van der Waals surface area contributed by atoms with Gasteiger partial charge in [0.05, 0.1) is 4.92 Å². The molecule has 0 amide bonds. The fourth-order valence-corrected chi connectivity index (χ4v) is 2.08. The van der Waals surface area contributed by atoms with Crippen molar-refractivity contribution >= 4 is 17.3 Å². The van der Waals surface area contributed by atoms with E-state index >= 15 is 0 Å². The molecule has 16 heavy (non-hydrogen) atoms. The Labute approximate surface area is 101 Å². The lowest BCUT2D eigenvalue weighted by Crippen LogP contribution is -2.12. The molecule has 1 rings (SSSR count). The van der Waals surface area contributed by atoms with E-state index in [4.69, 9.17) is 11.6 Å². The number of benzene rings is 1. The third-order valence-corrected chi connectivity index (χ3v) is 3.57. The molecule has 0 heterocycles. The monoisotopic (exact) mass is 241 g/mol. The number of rotatable bonds is 4. The minimum Gasteiger partial charge on any atom is -0.258 e. The van der Waals surface area contributed by atoms with E-state index in [1.165, 1.54) is 6.07 Å². The molecular weight excluding hydrogens is 226 g/mol. The predicted molar refractivity (Wildman–Crippen MR) is 66.2 cm³/mol. The Morgan fingerprint density at radius 2 is 2.12 bits per heavy atom. The molecule has 3 nitrogen and oxygen atoms in total. The molecule has 0 bridgehead atoms. The third-order valence-electron chi connectivity index (χ3n) is 2.89. The molecule has 1 aromatic carbocycles. The number of hydrogen-bond donors (Lipinski definition) is 0. The molecule has 0 aromatic heterocycles. The Morgan fingerprint density at radius 3 is 2.62 bits per heavy atom. The minimum atomic E-state index is -0.335. The van der Waals surface area contributed by atoms with Gasteiger partial charge in [-0.25, -0.2) is 0 Å². The molecule has 0 spiro atoms. The van der Waals surface area contributed by atoms with Gasteiger partial charge in [0, 0.05) is 22.9 Å². The van der Waals surface area contributed by atoms with Crippen LogP contribution in [0.1, 0.15) is 37.3 Å². The molecule has 2 atom stereocenters. The Bertz CT molecular complexity index is 393. The van der Waals surface area contributed by atoms with Gasteiger partial charge in [-0.2, -0.15) is 0 Å². The molecule has 4 heteroatoms. The highest BCUT2D eigenvalue weighted by Gasteiger charge is 2.24. The van der Waals surface area contributed by atoms with Gasteiger partial charge in [-0.1, -0.05) is 26.0 Å². The van der Waals surface area contributed by atoms with Crippen molar-refractivity contribution in [1.29, 1.82) is 0 Å². The number of nitrogens with zero attached hydrogens (tertiary/aromatic N) is 1. The Balaban J connectivity index is 3.24. The molecule has 0 aliphatic rings. The topological polar surface area (TPSA) is 43.1 Å². The summed E-state index contributed by atoms with van der Waals surface area (Å²) < 4.78 is 0. The lowest BCUT2D eigenvalue weighted by molar-refractivity contribution is -0.385. The smallest absolute Gasteiger partial charge is 0.258 e. The van der Waals surface area contributed by atoms with Crippen LogP contribution in [0.15, 0.2) is 18.2 Å². The maximum atomic E-state index is 11.0. The maximum Gasteiger partial charge on any atom is 0.273 e. The highest BCUT2D eigenvalue weighted by Crippen LogP contribution is 2.34. The van der Waals surface area contributed by atoms with Gasteiger partial charge in [0.15, 0.2) is 0 Å². The van der Waals surface area contributed by atoms with Crippen molar-refractivity contribution in [3.05, 3.63) is 39.4 Å². The Hall–Kier alpha value is -1.09. The van der Waals surface area contributed by atoms with E-state index in [0.29, 0.717) is 0 Å². The van der Waals surface area contributed by atoms with Gasteiger partial charge in [0.25, 0.3) is 5.69 Å². The van der Waals surface area contributed by atoms with Crippen LogP contribution in [0.5, 0.6) is 0 Å². The van der Waals surface area contributed by atoms with Gasteiger partial charge in [0.2, 0.25) is 0 Å². The number of halogens is 1. The number of nitro benzene ring substituents is 1. The SMILES string of the molecule is CCC(Cl)C(C)c1c(C)cccc1[N+](=O)[O-]. The van der Waals surface area contributed by atoms with E-state index in [1.54, 1.807) is 6.07 Å². The van der Waals surface area contributed by atoms with Crippen LogP contribution in [0.25, 0.3) is 0 Å². The summed E-state index contributed by atoms with van der Waals surface area (Å²) in [7, 11) is 0. The number of aryl methyl sites for hydroxylation is 1. The van der Waals surface area contributed by atoms with Crippen LogP contribution in [0, 0.1) is 17.0 Å². The summed E-state index contributed by atoms with van der Waals surface area (Å²) in [5, 5.41) is 10.9. The van der Waals surface area contributed by atoms with Crippen LogP contribution >= 0.6 is 11.6 Å². The first-order chi connectivity index (χ1) is 7.49. The molecule has 0 aliphatic heterocycles. The number of alkyl halides is 1. The summed E-state index contributed by atoms with van der Waals surface area (Å²) in [6.07, 6.45) is 0.800. The van der Waals surface area contributed by atoms with Crippen LogP contribution in [0.4, 0.5) is 5.69 Å². The summed E-state index contributed by atoms with van der Waals surface area (Å²) in [5.74, 6) is -0.00623. The van der Waals surface area contributed by atoms with E-state index in [-0.39, 0.29) is 21.9 Å². The average molecular weight is 242 g/mol. The lowest BCUT2D eigenvalue weighted by Gasteiger charge is -2.18. The van der Waals surface area contributed by atoms with E-state index in [0.717, 1.165) is 17.5 Å². The predicted octanol–water partition coefficient (Wildman–Crippen LogP) is 4.02. The van der Waals surface area contributed by atoms with Crippen molar-refractivity contribution in [1.82, 2.24) is 0 Å². The number of nitro groups is 1. The van der Waals surface area contributed by atoms with Gasteiger partial charge in [0.1, 0.15) is 0 Å². The van der Waals surface area contributed by atoms with Crippen LogP contribution in [-0.2, 0) is 0 Å². The second kappa shape index (κ2) is 5.30. The van der Waals surface area contributed by atoms with Crippen molar-refractivity contribution in [2.45, 2.75) is 38.5 Å². The van der Waals surface area contributed by atoms with Crippen molar-refractivity contribution in [2.24, 2.45) is 0 Å². The molecule has 0 saturated heterocycles. The second-order valence-electron chi connectivity index (χ2n) is 3.98. The summed E-state index contributed by atoms with van der Waals surface area (Å²) in [6.45, 7) is 5.81. The zero-order valence-corrected chi connectivity index (χ0v) is 10.5. The van der Waals surface area contributed by atoms with Crippen molar-refractivity contribution in [3.8, 4) is 0 Å². The third kappa shape index (κ3) is 2.53. The first-order valence-corrected chi connectivity index (χ1v) is 5.80. The van der Waals surface area contributed by atoms with Gasteiger partial charge in [-0.3, -0.25) is 10.1 Å². The van der Waals surface area contributed by atoms with E-state index in [2.05, 4.69) is 0 Å². The first kappa shape index (κ1) is 13.0. The van der Waals surface area contributed by atoms with E-state index in [1.807, 2.05) is 26.8 Å². The average Bonchev–Trinajstić information content (AvgIpc) is 2.26. The van der Waals surface area contributed by atoms with Crippen LogP contribution in [0.2, 0.25) is 0 Å². The quantitative estimate of drug-likeness (QED) is 0.454. The maximum absolute atomic E-state index is 11.0.